The van der Waals surface area contributed by atoms with Crippen molar-refractivity contribution in [1.82, 2.24) is 4.90 Å². The van der Waals surface area contributed by atoms with E-state index in [0.29, 0.717) is 12.0 Å². The second-order valence-corrected chi connectivity index (χ2v) is 3.71. The third kappa shape index (κ3) is 2.28. The molecule has 1 aliphatic carbocycles. The average molecular weight is 193 g/mol. The highest BCUT2D eigenvalue weighted by atomic mass is 16.3. The van der Waals surface area contributed by atoms with Crippen LogP contribution in [0.15, 0.2) is 28.0 Å². The molecule has 1 aromatic heterocycles. The van der Waals surface area contributed by atoms with Gasteiger partial charge in [-0.15, -0.1) is 0 Å². The molecule has 2 rings (SSSR count). The van der Waals surface area contributed by atoms with Gasteiger partial charge in [-0.1, -0.05) is 0 Å². The van der Waals surface area contributed by atoms with Crippen LogP contribution in [0.5, 0.6) is 0 Å². The molecule has 0 unspecified atom stereocenters. The summed E-state index contributed by atoms with van der Waals surface area (Å²) in [7, 11) is 1.94. The van der Waals surface area contributed by atoms with Gasteiger partial charge < -0.3 is 15.1 Å². The van der Waals surface area contributed by atoms with Crippen LogP contribution in [-0.2, 0) is 6.54 Å². The van der Waals surface area contributed by atoms with Crippen molar-refractivity contribution in [3.63, 3.8) is 0 Å². The van der Waals surface area contributed by atoms with E-state index in [1.165, 1.54) is 12.8 Å². The van der Waals surface area contributed by atoms with Crippen molar-refractivity contribution in [2.45, 2.75) is 25.4 Å². The van der Waals surface area contributed by atoms with Crippen molar-refractivity contribution in [3.05, 3.63) is 24.2 Å². The first kappa shape index (κ1) is 9.12. The molecular weight excluding hydrogens is 178 g/mol. The predicted octanol–water partition coefficient (Wildman–Crippen LogP) is 1.19. The van der Waals surface area contributed by atoms with Crippen LogP contribution in [0.1, 0.15) is 18.4 Å². The van der Waals surface area contributed by atoms with Crippen LogP contribution in [0.3, 0.4) is 0 Å². The molecule has 2 N–H and O–H groups in total. The van der Waals surface area contributed by atoms with E-state index in [1.807, 2.05) is 18.0 Å². The van der Waals surface area contributed by atoms with Gasteiger partial charge in [0, 0.05) is 19.2 Å². The minimum absolute atomic E-state index is 0.474. The molecule has 0 spiro atoms. The van der Waals surface area contributed by atoms with Crippen molar-refractivity contribution in [2.75, 3.05) is 7.05 Å². The van der Waals surface area contributed by atoms with E-state index in [0.717, 1.165) is 12.1 Å². The summed E-state index contributed by atoms with van der Waals surface area (Å²) in [5, 5.41) is 0. The lowest BCUT2D eigenvalue weighted by Crippen LogP contribution is -2.33. The van der Waals surface area contributed by atoms with E-state index >= 15 is 0 Å². The normalized spacial score (nSPS) is 17.1. The summed E-state index contributed by atoms with van der Waals surface area (Å²) in [6, 6.07) is 2.41. The molecule has 0 aliphatic heterocycles. The molecule has 0 aromatic carbocycles. The van der Waals surface area contributed by atoms with Crippen molar-refractivity contribution in [1.29, 1.82) is 0 Å². The van der Waals surface area contributed by atoms with E-state index in [1.54, 1.807) is 12.5 Å². The third-order valence-corrected chi connectivity index (χ3v) is 2.25. The van der Waals surface area contributed by atoms with Gasteiger partial charge in [-0.3, -0.25) is 0 Å². The molecule has 0 radical (unpaired) electrons. The van der Waals surface area contributed by atoms with Gasteiger partial charge in [0.25, 0.3) is 0 Å². The summed E-state index contributed by atoms with van der Waals surface area (Å²) in [6.07, 6.45) is 5.75. The first-order chi connectivity index (χ1) is 6.75. The Hall–Kier alpha value is -1.45. The molecule has 14 heavy (non-hydrogen) atoms. The first-order valence-corrected chi connectivity index (χ1v) is 4.81. The van der Waals surface area contributed by atoms with Gasteiger partial charge in [0.1, 0.15) is 0 Å². The summed E-state index contributed by atoms with van der Waals surface area (Å²) in [5.41, 5.74) is 6.93. The van der Waals surface area contributed by atoms with E-state index in [-0.39, 0.29) is 0 Å². The van der Waals surface area contributed by atoms with Gasteiger partial charge >= 0.3 is 0 Å². The number of hydrogen-bond acceptors (Lipinski definition) is 2. The number of furan rings is 1. The maximum absolute atomic E-state index is 5.82. The fourth-order valence-electron chi connectivity index (χ4n) is 1.23. The predicted molar refractivity (Wildman–Crippen MR) is 54.8 cm³/mol. The van der Waals surface area contributed by atoms with Crippen LogP contribution in [0.2, 0.25) is 0 Å². The maximum atomic E-state index is 5.82. The Labute approximate surface area is 83.4 Å². The molecule has 0 bridgehead atoms. The quantitative estimate of drug-likeness (QED) is 0.579. The van der Waals surface area contributed by atoms with Crippen molar-refractivity contribution in [2.24, 2.45) is 10.7 Å². The molecule has 0 amide bonds. The van der Waals surface area contributed by atoms with Crippen molar-refractivity contribution in [3.8, 4) is 0 Å². The van der Waals surface area contributed by atoms with E-state index < -0.39 is 0 Å². The number of nitrogens with zero attached hydrogens (tertiary/aromatic N) is 2. The van der Waals surface area contributed by atoms with E-state index in [4.69, 9.17) is 10.2 Å². The molecular formula is C10H15N3O. The molecule has 0 atom stereocenters. The zero-order valence-electron chi connectivity index (χ0n) is 8.31. The molecule has 1 heterocycles. The Morgan fingerprint density at radius 3 is 3.07 bits per heavy atom. The second kappa shape index (κ2) is 3.74. The fourth-order valence-corrected chi connectivity index (χ4v) is 1.23. The molecule has 1 aliphatic rings. The Morgan fingerprint density at radius 1 is 1.71 bits per heavy atom. The van der Waals surface area contributed by atoms with Crippen molar-refractivity contribution >= 4 is 5.96 Å². The number of nitrogens with two attached hydrogens (primary N) is 1. The summed E-state index contributed by atoms with van der Waals surface area (Å²) in [6.45, 7) is 0.749. The number of guanidine groups is 1. The Kier molecular flexibility index (Phi) is 2.43. The maximum Gasteiger partial charge on any atom is 0.191 e. The summed E-state index contributed by atoms with van der Waals surface area (Å²) < 4.78 is 4.98. The SMILES string of the molecule is CN(Cc1ccoc1)C(N)=NC1CC1. The Balaban J connectivity index is 1.91. The molecule has 1 fully saturated rings. The zero-order chi connectivity index (χ0) is 9.97. The van der Waals surface area contributed by atoms with Crippen LogP contribution in [0.25, 0.3) is 0 Å². The minimum Gasteiger partial charge on any atom is -0.472 e. The molecule has 4 heteroatoms. The van der Waals surface area contributed by atoms with Gasteiger partial charge in [-0.2, -0.15) is 0 Å². The van der Waals surface area contributed by atoms with Crippen LogP contribution < -0.4 is 5.73 Å². The Morgan fingerprint density at radius 2 is 2.50 bits per heavy atom. The van der Waals surface area contributed by atoms with Crippen LogP contribution in [0, 0.1) is 0 Å². The lowest BCUT2D eigenvalue weighted by Gasteiger charge is -2.16. The monoisotopic (exact) mass is 193 g/mol. The number of aliphatic imine (C=N–C) groups is 1. The Bertz CT molecular complexity index is 314. The molecule has 4 nitrogen and oxygen atoms in total. The lowest BCUT2D eigenvalue weighted by atomic mass is 10.3. The molecule has 0 saturated heterocycles. The summed E-state index contributed by atoms with van der Waals surface area (Å²) >= 11 is 0. The van der Waals surface area contributed by atoms with Gasteiger partial charge in [0.15, 0.2) is 5.96 Å². The fraction of sp³-hybridized carbons (Fsp3) is 0.500. The number of hydrogen-bond donors (Lipinski definition) is 1. The zero-order valence-corrected chi connectivity index (χ0v) is 8.31. The largest absolute Gasteiger partial charge is 0.472 e. The van der Waals surface area contributed by atoms with E-state index in [2.05, 4.69) is 4.99 Å². The smallest absolute Gasteiger partial charge is 0.191 e. The number of rotatable bonds is 3. The minimum atomic E-state index is 0.474. The molecule has 76 valence electrons. The van der Waals surface area contributed by atoms with Crippen LogP contribution in [0.4, 0.5) is 0 Å². The summed E-state index contributed by atoms with van der Waals surface area (Å²) in [4.78, 5) is 6.29. The van der Waals surface area contributed by atoms with Gasteiger partial charge in [-0.25, -0.2) is 4.99 Å². The molecule has 1 aromatic rings. The lowest BCUT2D eigenvalue weighted by molar-refractivity contribution is 0.484. The second-order valence-electron chi connectivity index (χ2n) is 3.71. The van der Waals surface area contributed by atoms with Gasteiger partial charge in [-0.05, 0) is 18.9 Å². The highest BCUT2D eigenvalue weighted by molar-refractivity contribution is 5.78. The highest BCUT2D eigenvalue weighted by Gasteiger charge is 2.21. The van der Waals surface area contributed by atoms with Gasteiger partial charge in [0.05, 0.1) is 18.6 Å². The highest BCUT2D eigenvalue weighted by Crippen LogP contribution is 2.23. The van der Waals surface area contributed by atoms with Crippen LogP contribution in [-0.4, -0.2) is 23.9 Å². The molecule has 1 saturated carbocycles. The third-order valence-electron chi connectivity index (χ3n) is 2.25. The van der Waals surface area contributed by atoms with Gasteiger partial charge in [0.2, 0.25) is 0 Å². The average Bonchev–Trinajstić information content (AvgIpc) is 2.81. The van der Waals surface area contributed by atoms with E-state index in [9.17, 15) is 0 Å². The summed E-state index contributed by atoms with van der Waals surface area (Å²) in [5.74, 6) is 0.619. The van der Waals surface area contributed by atoms with Crippen LogP contribution >= 0.6 is 0 Å². The standard InChI is InChI=1S/C10H15N3O/c1-13(6-8-4-5-14-7-8)10(11)12-9-2-3-9/h4-5,7,9H,2-3,6H2,1H3,(H2,11,12). The van der Waals surface area contributed by atoms with Crippen molar-refractivity contribution < 1.29 is 4.42 Å². The topological polar surface area (TPSA) is 54.8 Å². The first-order valence-electron chi connectivity index (χ1n) is 4.81.